The molecule has 3 heterocycles. The molecule has 13 heteroatoms. The zero-order valence-corrected chi connectivity index (χ0v) is 21.3. The lowest BCUT2D eigenvalue weighted by molar-refractivity contribution is 0.0701. The van der Waals surface area contributed by atoms with E-state index in [0.29, 0.717) is 29.1 Å². The quantitative estimate of drug-likeness (QED) is 0.406. The van der Waals surface area contributed by atoms with Crippen molar-refractivity contribution in [3.8, 4) is 0 Å². The number of piperazine rings is 1. The first-order valence-electron chi connectivity index (χ1n) is 10.9. The Morgan fingerprint density at radius 1 is 1.11 bits per heavy atom. The minimum absolute atomic E-state index is 0.165. The lowest BCUT2D eigenvalue weighted by Gasteiger charge is -2.33. The van der Waals surface area contributed by atoms with Gasteiger partial charge >= 0.3 is 5.97 Å². The maximum absolute atomic E-state index is 11.7. The van der Waals surface area contributed by atoms with Crippen LogP contribution < -0.4 is 15.5 Å². The molecule has 0 amide bonds. The average molecular weight is 518 g/mol. The molecule has 0 aliphatic carbocycles. The SMILES string of the molecule is Cc1nc(Nc2nc(NCc3ccc(S(C)(=O)=O)cc3)cc(N3CCN(C)CC3)n2)sc1C(=O)O. The van der Waals surface area contributed by atoms with Gasteiger partial charge in [-0.25, -0.2) is 18.2 Å². The van der Waals surface area contributed by atoms with Gasteiger partial charge in [-0.3, -0.25) is 5.32 Å². The highest BCUT2D eigenvalue weighted by molar-refractivity contribution is 7.90. The van der Waals surface area contributed by atoms with Crippen LogP contribution in [0, 0.1) is 6.92 Å². The van der Waals surface area contributed by atoms with Crippen LogP contribution in [0.3, 0.4) is 0 Å². The number of rotatable bonds is 8. The number of thiazole rings is 1. The lowest BCUT2D eigenvalue weighted by Crippen LogP contribution is -2.44. The van der Waals surface area contributed by atoms with E-state index < -0.39 is 15.8 Å². The van der Waals surface area contributed by atoms with E-state index in [2.05, 4.69) is 42.4 Å². The summed E-state index contributed by atoms with van der Waals surface area (Å²) in [4.78, 5) is 29.7. The molecule has 0 unspecified atom stereocenters. The molecule has 3 aromatic rings. The zero-order chi connectivity index (χ0) is 25.2. The molecule has 1 fully saturated rings. The molecule has 186 valence electrons. The highest BCUT2D eigenvalue weighted by atomic mass is 32.2. The first-order chi connectivity index (χ1) is 16.6. The second-order valence-corrected chi connectivity index (χ2v) is 11.4. The average Bonchev–Trinajstić information content (AvgIpc) is 3.18. The molecule has 0 saturated carbocycles. The molecule has 2 aromatic heterocycles. The second kappa shape index (κ2) is 10.1. The fourth-order valence-corrected chi connectivity index (χ4v) is 5.00. The number of carbonyl (C=O) groups is 1. The van der Waals surface area contributed by atoms with Gasteiger partial charge in [-0.2, -0.15) is 9.97 Å². The highest BCUT2D eigenvalue weighted by Crippen LogP contribution is 2.27. The van der Waals surface area contributed by atoms with Gasteiger partial charge in [0.2, 0.25) is 5.95 Å². The van der Waals surface area contributed by atoms with E-state index in [1.807, 2.05) is 6.07 Å². The van der Waals surface area contributed by atoms with E-state index >= 15 is 0 Å². The van der Waals surface area contributed by atoms with Crippen LogP contribution >= 0.6 is 11.3 Å². The number of anilines is 4. The van der Waals surface area contributed by atoms with Gasteiger partial charge in [0.15, 0.2) is 15.0 Å². The number of aromatic carboxylic acids is 1. The Bertz CT molecular complexity index is 1320. The highest BCUT2D eigenvalue weighted by Gasteiger charge is 2.19. The number of carboxylic acid groups (broad SMARTS) is 1. The predicted molar refractivity (Wildman–Crippen MR) is 136 cm³/mol. The van der Waals surface area contributed by atoms with Gasteiger partial charge in [0.25, 0.3) is 0 Å². The first kappa shape index (κ1) is 24.8. The molecule has 11 nitrogen and oxygen atoms in total. The van der Waals surface area contributed by atoms with Crippen LogP contribution in [0.25, 0.3) is 0 Å². The molecule has 1 aromatic carbocycles. The van der Waals surface area contributed by atoms with Crippen LogP contribution in [0.15, 0.2) is 35.2 Å². The minimum Gasteiger partial charge on any atom is -0.477 e. The number of nitrogens with one attached hydrogen (secondary N) is 2. The maximum Gasteiger partial charge on any atom is 0.347 e. The Morgan fingerprint density at radius 3 is 2.40 bits per heavy atom. The van der Waals surface area contributed by atoms with Crippen LogP contribution in [0.5, 0.6) is 0 Å². The zero-order valence-electron chi connectivity index (χ0n) is 19.6. The van der Waals surface area contributed by atoms with E-state index in [4.69, 9.17) is 0 Å². The number of aromatic nitrogens is 3. The number of sulfone groups is 1. The van der Waals surface area contributed by atoms with Gasteiger partial charge in [0.1, 0.15) is 16.5 Å². The summed E-state index contributed by atoms with van der Waals surface area (Å²) in [6.45, 7) is 5.54. The van der Waals surface area contributed by atoms with Crippen LogP contribution in [-0.2, 0) is 16.4 Å². The van der Waals surface area contributed by atoms with Crippen LogP contribution in [0.2, 0.25) is 0 Å². The monoisotopic (exact) mass is 517 g/mol. The van der Waals surface area contributed by atoms with Crippen molar-refractivity contribution in [2.45, 2.75) is 18.4 Å². The number of carboxylic acids is 1. The molecule has 4 rings (SSSR count). The molecule has 0 radical (unpaired) electrons. The number of likely N-dealkylation sites (N-methyl/N-ethyl adjacent to an activating group) is 1. The molecule has 1 aliphatic heterocycles. The largest absolute Gasteiger partial charge is 0.477 e. The van der Waals surface area contributed by atoms with Crippen molar-refractivity contribution in [1.82, 2.24) is 19.9 Å². The van der Waals surface area contributed by atoms with Gasteiger partial charge in [0, 0.05) is 45.0 Å². The van der Waals surface area contributed by atoms with Crippen molar-refractivity contribution in [3.05, 3.63) is 46.5 Å². The molecule has 0 atom stereocenters. The molecular formula is C22H27N7O4S2. The molecule has 0 spiro atoms. The Hall–Kier alpha value is -3.29. The van der Waals surface area contributed by atoms with Crippen molar-refractivity contribution in [2.24, 2.45) is 0 Å². The normalized spacial score (nSPS) is 14.7. The summed E-state index contributed by atoms with van der Waals surface area (Å²) in [7, 11) is -1.17. The number of nitrogens with zero attached hydrogens (tertiary/aromatic N) is 5. The summed E-state index contributed by atoms with van der Waals surface area (Å²) in [5.41, 5.74) is 1.32. The summed E-state index contributed by atoms with van der Waals surface area (Å²) in [6, 6.07) is 8.56. The summed E-state index contributed by atoms with van der Waals surface area (Å²) < 4.78 is 23.4. The second-order valence-electron chi connectivity index (χ2n) is 8.36. The van der Waals surface area contributed by atoms with Crippen molar-refractivity contribution in [3.63, 3.8) is 0 Å². The van der Waals surface area contributed by atoms with Gasteiger partial charge in [0.05, 0.1) is 10.6 Å². The van der Waals surface area contributed by atoms with Gasteiger partial charge in [-0.1, -0.05) is 23.5 Å². The summed E-state index contributed by atoms with van der Waals surface area (Å²) in [5, 5.41) is 16.1. The smallest absolute Gasteiger partial charge is 0.347 e. The van der Waals surface area contributed by atoms with Crippen molar-refractivity contribution in [2.75, 3.05) is 55.0 Å². The Labute approximate surface area is 207 Å². The topological polar surface area (TPSA) is 141 Å². The number of hydrogen-bond donors (Lipinski definition) is 3. The number of aryl methyl sites for hydroxylation is 1. The summed E-state index contributed by atoms with van der Waals surface area (Å²) >= 11 is 1.03. The first-order valence-corrected chi connectivity index (χ1v) is 13.6. The predicted octanol–water partition coefficient (Wildman–Crippen LogP) is 2.45. The molecular weight excluding hydrogens is 490 g/mol. The van der Waals surface area contributed by atoms with E-state index in [1.54, 1.807) is 31.2 Å². The van der Waals surface area contributed by atoms with Crippen molar-refractivity contribution >= 4 is 49.9 Å². The van der Waals surface area contributed by atoms with Crippen LogP contribution in [0.1, 0.15) is 20.9 Å². The minimum atomic E-state index is -3.25. The fourth-order valence-electron chi connectivity index (χ4n) is 3.57. The lowest BCUT2D eigenvalue weighted by atomic mass is 10.2. The standard InChI is InChI=1S/C22H27N7O4S2/c1-14-19(20(30)31)34-22(24-14)27-21-25-17(12-18(26-21)29-10-8-28(2)9-11-29)23-13-15-4-6-16(7-5-15)35(3,32)33/h4-7,12H,8-11,13H2,1-3H3,(H,30,31)(H2,23,24,25,26,27). The summed E-state index contributed by atoms with van der Waals surface area (Å²) in [6.07, 6.45) is 1.18. The Morgan fingerprint density at radius 2 is 1.80 bits per heavy atom. The third-order valence-electron chi connectivity index (χ3n) is 5.57. The van der Waals surface area contributed by atoms with Crippen molar-refractivity contribution < 1.29 is 18.3 Å². The fraction of sp³-hybridized carbons (Fsp3) is 0.364. The van der Waals surface area contributed by atoms with Gasteiger partial charge in [-0.15, -0.1) is 0 Å². The Balaban J connectivity index is 1.57. The molecule has 3 N–H and O–H groups in total. The van der Waals surface area contributed by atoms with Gasteiger partial charge < -0.3 is 20.2 Å². The number of benzene rings is 1. The summed E-state index contributed by atoms with van der Waals surface area (Å²) in [5.74, 6) is 0.610. The maximum atomic E-state index is 11.7. The molecule has 1 saturated heterocycles. The third kappa shape index (κ3) is 6.24. The van der Waals surface area contributed by atoms with E-state index in [1.165, 1.54) is 6.26 Å². The molecule has 1 aliphatic rings. The molecule has 0 bridgehead atoms. The van der Waals surface area contributed by atoms with Crippen molar-refractivity contribution in [1.29, 1.82) is 0 Å². The van der Waals surface area contributed by atoms with Crippen LogP contribution in [-0.4, -0.2) is 78.8 Å². The van der Waals surface area contributed by atoms with Crippen LogP contribution in [0.4, 0.5) is 22.7 Å². The van der Waals surface area contributed by atoms with E-state index in [0.717, 1.165) is 48.9 Å². The van der Waals surface area contributed by atoms with Gasteiger partial charge in [-0.05, 0) is 31.7 Å². The third-order valence-corrected chi connectivity index (χ3v) is 7.76. The van der Waals surface area contributed by atoms with E-state index in [9.17, 15) is 18.3 Å². The molecule has 35 heavy (non-hydrogen) atoms. The number of hydrogen-bond acceptors (Lipinski definition) is 11. The Kier molecular flexibility index (Phi) is 7.19. The van der Waals surface area contributed by atoms with E-state index in [-0.39, 0.29) is 9.77 Å².